The molecule has 4 aromatic carbocycles. The van der Waals surface area contributed by atoms with E-state index >= 15 is 0 Å². The molecule has 0 saturated heterocycles. The molecule has 0 unspecified atom stereocenters. The van der Waals surface area contributed by atoms with E-state index in [0.717, 1.165) is 38.6 Å². The van der Waals surface area contributed by atoms with Crippen molar-refractivity contribution in [2.24, 2.45) is 5.92 Å². The first-order chi connectivity index (χ1) is 27.6. The van der Waals surface area contributed by atoms with E-state index in [2.05, 4.69) is 73.8 Å². The van der Waals surface area contributed by atoms with Crippen molar-refractivity contribution in [1.82, 2.24) is 15.0 Å². The van der Waals surface area contributed by atoms with Crippen molar-refractivity contribution in [2.75, 3.05) is 0 Å². The van der Waals surface area contributed by atoms with Crippen molar-refractivity contribution in [1.29, 1.82) is 0 Å². The smallest absolute Gasteiger partial charge is 0.139 e. The zero-order valence-electron chi connectivity index (χ0n) is 35.0. The Morgan fingerprint density at radius 2 is 1.46 bits per heavy atom. The standard InChI is InChI=1S/C29H27N2O.C20H17FNOSi.Ir/c1-19(2)17-20-15-16-30-24(18-20)22-11-8-12-23-27-25(32-28(22)23)13-14-26(31-27)29(3,4)21-9-6-5-7-10-21;1-24(2,3)14-8-10-18(22-12-14)17-6-4-5-16-15-9-7-13(21)11-19(15)23-20(16)17;/h5-10,12-16,18-19H,17H2,1-4H3;4-5,7-12H,1-3H3;/q2*-1;/i17D2;;. The molecule has 57 heavy (non-hydrogen) atoms. The first-order valence-corrected chi connectivity index (χ1v) is 22.4. The number of furan rings is 2. The average molecular weight is 948 g/mol. The van der Waals surface area contributed by atoms with Gasteiger partial charge in [-0.2, -0.15) is 0 Å². The zero-order chi connectivity index (χ0) is 41.0. The number of benzene rings is 4. The molecule has 0 atom stereocenters. The first kappa shape index (κ1) is 37.3. The number of fused-ring (bicyclic) bond motifs is 6. The van der Waals surface area contributed by atoms with Crippen LogP contribution in [0.4, 0.5) is 4.39 Å². The van der Waals surface area contributed by atoms with Gasteiger partial charge in [-0.05, 0) is 70.1 Å². The number of halogens is 1. The molecule has 0 aliphatic heterocycles. The summed E-state index contributed by atoms with van der Waals surface area (Å²) in [4.78, 5) is 14.2. The number of rotatable bonds is 7. The van der Waals surface area contributed by atoms with Gasteiger partial charge in [-0.15, -0.1) is 36.4 Å². The number of nitrogens with zero attached hydrogens (tertiary/aromatic N) is 3. The minimum atomic E-state index is -1.46. The fraction of sp³-hybridized carbons (Fsp3) is 0.204. The van der Waals surface area contributed by atoms with Crippen molar-refractivity contribution in [3.8, 4) is 22.5 Å². The van der Waals surface area contributed by atoms with E-state index in [1.54, 1.807) is 24.4 Å². The molecule has 9 aromatic rings. The Balaban J connectivity index is 0.000000186. The summed E-state index contributed by atoms with van der Waals surface area (Å²) in [6.45, 7) is 15.0. The van der Waals surface area contributed by atoms with Gasteiger partial charge in [0.15, 0.2) is 0 Å². The van der Waals surface area contributed by atoms with E-state index in [-0.39, 0.29) is 37.3 Å². The maximum Gasteiger partial charge on any atom is 0.139 e. The molecule has 9 rings (SSSR count). The number of pyridine rings is 3. The second-order valence-electron chi connectivity index (χ2n) is 16.0. The Morgan fingerprint density at radius 3 is 2.16 bits per heavy atom. The van der Waals surface area contributed by atoms with Crippen LogP contribution in [0.25, 0.3) is 66.5 Å². The van der Waals surface area contributed by atoms with Crippen molar-refractivity contribution in [2.45, 2.75) is 59.1 Å². The van der Waals surface area contributed by atoms with Gasteiger partial charge in [0, 0.05) is 52.1 Å². The van der Waals surface area contributed by atoms with Gasteiger partial charge in [0.1, 0.15) is 17.0 Å². The summed E-state index contributed by atoms with van der Waals surface area (Å²) < 4.78 is 42.6. The molecule has 0 N–H and O–H groups in total. The molecule has 0 spiro atoms. The van der Waals surface area contributed by atoms with Crippen LogP contribution in [0, 0.1) is 23.9 Å². The van der Waals surface area contributed by atoms with Crippen LogP contribution in [0.1, 0.15) is 47.3 Å². The predicted molar refractivity (Wildman–Crippen MR) is 229 cm³/mol. The van der Waals surface area contributed by atoms with E-state index in [1.165, 1.54) is 22.9 Å². The quantitative estimate of drug-likeness (QED) is 0.118. The van der Waals surface area contributed by atoms with Crippen LogP contribution < -0.4 is 5.19 Å². The summed E-state index contributed by atoms with van der Waals surface area (Å²) in [5.41, 5.74) is 8.89. The summed E-state index contributed by atoms with van der Waals surface area (Å²) in [6, 6.07) is 40.8. The third kappa shape index (κ3) is 8.00. The van der Waals surface area contributed by atoms with Crippen molar-refractivity contribution in [3.63, 3.8) is 0 Å². The fourth-order valence-corrected chi connectivity index (χ4v) is 8.07. The minimum Gasteiger partial charge on any atom is -0.500 e. The van der Waals surface area contributed by atoms with Gasteiger partial charge in [0.2, 0.25) is 0 Å². The number of hydrogen-bond donors (Lipinski definition) is 0. The van der Waals surface area contributed by atoms with Gasteiger partial charge < -0.3 is 18.8 Å². The van der Waals surface area contributed by atoms with Gasteiger partial charge in [-0.1, -0.05) is 118 Å². The van der Waals surface area contributed by atoms with Gasteiger partial charge in [0.25, 0.3) is 0 Å². The maximum atomic E-state index is 13.5. The second kappa shape index (κ2) is 15.9. The number of aromatic nitrogens is 3. The zero-order valence-corrected chi connectivity index (χ0v) is 36.4. The van der Waals surface area contributed by atoms with E-state index in [1.807, 2.05) is 80.7 Å². The third-order valence-electron chi connectivity index (χ3n) is 10.2. The van der Waals surface area contributed by atoms with Crippen LogP contribution in [0.2, 0.25) is 19.6 Å². The molecule has 5 nitrogen and oxygen atoms in total. The molecule has 8 heteroatoms. The SMILES string of the molecule is C[Si](C)(C)c1ccc(-c2[c-]ccc3c2oc2cc(F)ccc23)nc1.[2H]C([2H])(c1ccnc(-c2[c-]ccc3c2oc2ccc(C(C)(C)c4ccccc4)nc23)c1)C(C)C.[Ir]. The maximum absolute atomic E-state index is 13.5. The minimum absolute atomic E-state index is 0. The van der Waals surface area contributed by atoms with Gasteiger partial charge >= 0.3 is 0 Å². The Bertz CT molecular complexity index is 2940. The molecule has 0 aliphatic carbocycles. The van der Waals surface area contributed by atoms with Crippen LogP contribution in [0.5, 0.6) is 0 Å². The van der Waals surface area contributed by atoms with Gasteiger partial charge in [-0.25, -0.2) is 9.37 Å². The Hall–Kier alpha value is -5.27. The van der Waals surface area contributed by atoms with E-state index in [0.29, 0.717) is 39.2 Å². The van der Waals surface area contributed by atoms with Crippen LogP contribution in [-0.2, 0) is 31.9 Å². The van der Waals surface area contributed by atoms with Crippen LogP contribution in [-0.4, -0.2) is 23.0 Å². The van der Waals surface area contributed by atoms with E-state index < -0.39 is 14.4 Å². The molecule has 0 amide bonds. The summed E-state index contributed by atoms with van der Waals surface area (Å²) >= 11 is 0. The molecule has 289 valence electrons. The first-order valence-electron chi connectivity index (χ1n) is 19.9. The van der Waals surface area contributed by atoms with Crippen LogP contribution >= 0.6 is 0 Å². The van der Waals surface area contributed by atoms with Crippen LogP contribution in [0.3, 0.4) is 0 Å². The molecule has 5 aromatic heterocycles. The molecule has 0 aliphatic rings. The average Bonchev–Trinajstić information content (AvgIpc) is 3.79. The molecule has 5 heterocycles. The molecule has 0 saturated carbocycles. The van der Waals surface area contributed by atoms with Crippen molar-refractivity contribution in [3.05, 3.63) is 156 Å². The normalized spacial score (nSPS) is 12.7. The summed E-state index contributed by atoms with van der Waals surface area (Å²) in [6.07, 6.45) is 2.15. The Labute approximate surface area is 350 Å². The fourth-order valence-electron chi connectivity index (χ4n) is 7.03. The van der Waals surface area contributed by atoms with E-state index in [9.17, 15) is 4.39 Å². The van der Waals surface area contributed by atoms with E-state index in [4.69, 9.17) is 16.6 Å². The van der Waals surface area contributed by atoms with Crippen molar-refractivity contribution < 1.29 is 36.1 Å². The van der Waals surface area contributed by atoms with Gasteiger partial charge in [-0.3, -0.25) is 0 Å². The largest absolute Gasteiger partial charge is 0.500 e. The third-order valence-corrected chi connectivity index (χ3v) is 12.2. The van der Waals surface area contributed by atoms with Crippen molar-refractivity contribution >= 4 is 57.3 Å². The Morgan fingerprint density at radius 1 is 0.754 bits per heavy atom. The summed E-state index contributed by atoms with van der Waals surface area (Å²) in [5.74, 6) is -0.464. The molecular weight excluding hydrogens is 902 g/mol. The topological polar surface area (TPSA) is 65.0 Å². The summed E-state index contributed by atoms with van der Waals surface area (Å²) in [7, 11) is -1.38. The monoisotopic (exact) mass is 948 g/mol. The van der Waals surface area contributed by atoms with Gasteiger partial charge in [0.05, 0.1) is 30.5 Å². The predicted octanol–water partition coefficient (Wildman–Crippen LogP) is 12.5. The molecular formula is C49H44FIrN3O2Si-2. The molecule has 0 bridgehead atoms. The Kier molecular flexibility index (Phi) is 10.4. The molecule has 0 fully saturated rings. The molecule has 1 radical (unpaired) electrons. The van der Waals surface area contributed by atoms with Crippen LogP contribution in [0.15, 0.2) is 130 Å². The number of hydrogen-bond acceptors (Lipinski definition) is 5. The summed E-state index contributed by atoms with van der Waals surface area (Å²) in [5, 5.41) is 4.06. The second-order valence-corrected chi connectivity index (χ2v) is 21.1.